The van der Waals surface area contributed by atoms with Crippen LogP contribution in [0.15, 0.2) is 0 Å². The Hall–Kier alpha value is -0.650. The predicted molar refractivity (Wildman–Crippen MR) is 45.2 cm³/mol. The fourth-order valence-corrected chi connectivity index (χ4v) is 1.53. The number of hydrogen-bond donors (Lipinski definition) is 2. The third kappa shape index (κ3) is 2.40. The quantitative estimate of drug-likeness (QED) is 0.551. The minimum Gasteiger partial charge on any atom is -0.468 e. The van der Waals surface area contributed by atoms with Crippen molar-refractivity contribution >= 4 is 5.97 Å². The number of rotatable bonds is 3. The van der Waals surface area contributed by atoms with Crippen LogP contribution in [0.4, 0.5) is 0 Å². The molecular formula is C8H15NO4. The van der Waals surface area contributed by atoms with E-state index in [1.165, 1.54) is 14.2 Å². The topological polar surface area (TPSA) is 67.8 Å². The average molecular weight is 189 g/mol. The van der Waals surface area contributed by atoms with E-state index < -0.39 is 11.6 Å². The van der Waals surface area contributed by atoms with Crippen molar-refractivity contribution in [3.05, 3.63) is 0 Å². The molecule has 2 atom stereocenters. The number of hydrogen-bond acceptors (Lipinski definition) is 5. The fourth-order valence-electron chi connectivity index (χ4n) is 1.53. The van der Waals surface area contributed by atoms with E-state index in [0.717, 1.165) is 0 Å². The van der Waals surface area contributed by atoms with Gasteiger partial charge in [0.05, 0.1) is 13.7 Å². The predicted octanol–water partition coefficient (Wildman–Crippen LogP) is -1.10. The van der Waals surface area contributed by atoms with Gasteiger partial charge in [-0.15, -0.1) is 0 Å². The summed E-state index contributed by atoms with van der Waals surface area (Å²) in [5, 5.41) is 12.7. The Morgan fingerprint density at radius 1 is 1.69 bits per heavy atom. The SMILES string of the molecule is COC[C@@]1(O)CN[C@H](C(=O)OC)C1. The molecule has 5 heteroatoms. The maximum absolute atomic E-state index is 11.1. The van der Waals surface area contributed by atoms with Gasteiger partial charge >= 0.3 is 5.97 Å². The van der Waals surface area contributed by atoms with Gasteiger partial charge in [-0.3, -0.25) is 4.79 Å². The van der Waals surface area contributed by atoms with Crippen LogP contribution >= 0.6 is 0 Å². The summed E-state index contributed by atoms with van der Waals surface area (Å²) in [5.74, 6) is -0.341. The Bertz CT molecular complexity index is 197. The molecule has 1 heterocycles. The van der Waals surface area contributed by atoms with Crippen LogP contribution in [0.1, 0.15) is 6.42 Å². The highest BCUT2D eigenvalue weighted by Crippen LogP contribution is 2.19. The highest BCUT2D eigenvalue weighted by Gasteiger charge is 2.40. The number of β-amino-alcohol motifs (C(OH)–C–C–N with tert-alkyl or cyclic N) is 1. The van der Waals surface area contributed by atoms with E-state index in [4.69, 9.17) is 4.74 Å². The van der Waals surface area contributed by atoms with Gasteiger partial charge in [0.15, 0.2) is 0 Å². The molecule has 5 nitrogen and oxygen atoms in total. The first-order chi connectivity index (χ1) is 6.11. The van der Waals surface area contributed by atoms with E-state index in [1.54, 1.807) is 0 Å². The molecule has 0 aromatic rings. The third-order valence-electron chi connectivity index (χ3n) is 2.16. The van der Waals surface area contributed by atoms with Crippen LogP contribution in [0.3, 0.4) is 0 Å². The zero-order valence-corrected chi connectivity index (χ0v) is 7.87. The number of carbonyl (C=O) groups excluding carboxylic acids is 1. The summed E-state index contributed by atoms with van der Waals surface area (Å²) >= 11 is 0. The van der Waals surface area contributed by atoms with Crippen LogP contribution in [0, 0.1) is 0 Å². The molecule has 1 aliphatic rings. The molecule has 0 aliphatic carbocycles. The second-order valence-electron chi connectivity index (χ2n) is 3.32. The van der Waals surface area contributed by atoms with Crippen molar-refractivity contribution in [3.8, 4) is 0 Å². The van der Waals surface area contributed by atoms with Gasteiger partial charge in [-0.1, -0.05) is 0 Å². The molecule has 0 radical (unpaired) electrons. The van der Waals surface area contributed by atoms with Crippen LogP contribution in [-0.2, 0) is 14.3 Å². The molecule has 1 saturated heterocycles. The maximum atomic E-state index is 11.1. The molecule has 0 bridgehead atoms. The minimum atomic E-state index is -0.937. The van der Waals surface area contributed by atoms with Crippen LogP contribution in [0.5, 0.6) is 0 Å². The Balaban J connectivity index is 2.47. The van der Waals surface area contributed by atoms with E-state index in [0.29, 0.717) is 13.0 Å². The lowest BCUT2D eigenvalue weighted by Gasteiger charge is -2.19. The third-order valence-corrected chi connectivity index (χ3v) is 2.16. The van der Waals surface area contributed by atoms with Gasteiger partial charge < -0.3 is 19.9 Å². The molecule has 0 unspecified atom stereocenters. The number of nitrogens with one attached hydrogen (secondary N) is 1. The van der Waals surface area contributed by atoms with Crippen LogP contribution in [0.2, 0.25) is 0 Å². The summed E-state index contributed by atoms with van der Waals surface area (Å²) < 4.78 is 9.40. The smallest absolute Gasteiger partial charge is 0.322 e. The Morgan fingerprint density at radius 2 is 2.38 bits per heavy atom. The van der Waals surface area contributed by atoms with Crippen LogP contribution in [0.25, 0.3) is 0 Å². The van der Waals surface area contributed by atoms with Crippen molar-refractivity contribution in [2.24, 2.45) is 0 Å². The molecule has 1 aliphatic heterocycles. The Kier molecular flexibility index (Phi) is 3.24. The van der Waals surface area contributed by atoms with Gasteiger partial charge in [0.2, 0.25) is 0 Å². The molecule has 1 rings (SSSR count). The van der Waals surface area contributed by atoms with Gasteiger partial charge in [-0.25, -0.2) is 0 Å². The summed E-state index contributed by atoms with van der Waals surface area (Å²) in [6, 6.07) is -0.412. The zero-order valence-electron chi connectivity index (χ0n) is 7.87. The molecule has 13 heavy (non-hydrogen) atoms. The fraction of sp³-hybridized carbons (Fsp3) is 0.875. The van der Waals surface area contributed by atoms with E-state index in [-0.39, 0.29) is 12.6 Å². The number of aliphatic hydroxyl groups is 1. The molecule has 1 fully saturated rings. The molecular weight excluding hydrogens is 174 g/mol. The normalized spacial score (nSPS) is 33.3. The lowest BCUT2D eigenvalue weighted by molar-refractivity contribution is -0.143. The first-order valence-corrected chi connectivity index (χ1v) is 4.14. The van der Waals surface area contributed by atoms with Crippen molar-refractivity contribution in [1.82, 2.24) is 5.32 Å². The number of carbonyl (C=O) groups is 1. The molecule has 0 aromatic heterocycles. The molecule has 0 aromatic carbocycles. The van der Waals surface area contributed by atoms with Gasteiger partial charge in [0.1, 0.15) is 11.6 Å². The minimum absolute atomic E-state index is 0.230. The highest BCUT2D eigenvalue weighted by atomic mass is 16.5. The van der Waals surface area contributed by atoms with Crippen molar-refractivity contribution in [3.63, 3.8) is 0 Å². The maximum Gasteiger partial charge on any atom is 0.322 e. The number of esters is 1. The number of methoxy groups -OCH3 is 2. The Labute approximate surface area is 77.0 Å². The van der Waals surface area contributed by atoms with E-state index in [9.17, 15) is 9.90 Å². The molecule has 0 spiro atoms. The zero-order chi connectivity index (χ0) is 9.90. The standard InChI is InChI=1S/C8H15NO4/c1-12-5-8(11)3-6(9-4-8)7(10)13-2/h6,9,11H,3-5H2,1-2H3/t6-,8-/m0/s1. The molecule has 2 N–H and O–H groups in total. The van der Waals surface area contributed by atoms with Gasteiger partial charge in [-0.2, -0.15) is 0 Å². The summed E-state index contributed by atoms with van der Waals surface area (Å²) in [4.78, 5) is 11.1. The molecule has 76 valence electrons. The molecule has 0 amide bonds. The molecule has 0 saturated carbocycles. The van der Waals surface area contributed by atoms with E-state index in [1.807, 2.05) is 0 Å². The van der Waals surface area contributed by atoms with Crippen molar-refractivity contribution in [1.29, 1.82) is 0 Å². The second-order valence-corrected chi connectivity index (χ2v) is 3.32. The van der Waals surface area contributed by atoms with Crippen LogP contribution < -0.4 is 5.32 Å². The first-order valence-electron chi connectivity index (χ1n) is 4.14. The van der Waals surface area contributed by atoms with Crippen molar-refractivity contribution in [2.75, 3.05) is 27.4 Å². The van der Waals surface area contributed by atoms with Crippen molar-refractivity contribution in [2.45, 2.75) is 18.1 Å². The van der Waals surface area contributed by atoms with E-state index in [2.05, 4.69) is 10.1 Å². The summed E-state index contributed by atoms with van der Waals surface area (Å²) in [6.07, 6.45) is 0.341. The van der Waals surface area contributed by atoms with Crippen LogP contribution in [-0.4, -0.2) is 50.1 Å². The number of ether oxygens (including phenoxy) is 2. The highest BCUT2D eigenvalue weighted by molar-refractivity contribution is 5.76. The van der Waals surface area contributed by atoms with Gasteiger partial charge in [0.25, 0.3) is 0 Å². The van der Waals surface area contributed by atoms with Crippen molar-refractivity contribution < 1.29 is 19.4 Å². The summed E-state index contributed by atoms with van der Waals surface area (Å²) in [5.41, 5.74) is -0.937. The average Bonchev–Trinajstić information content (AvgIpc) is 2.47. The van der Waals surface area contributed by atoms with E-state index >= 15 is 0 Å². The Morgan fingerprint density at radius 3 is 2.92 bits per heavy atom. The summed E-state index contributed by atoms with van der Waals surface area (Å²) in [6.45, 7) is 0.591. The lowest BCUT2D eigenvalue weighted by Crippen LogP contribution is -2.36. The van der Waals surface area contributed by atoms with Gasteiger partial charge in [-0.05, 0) is 0 Å². The van der Waals surface area contributed by atoms with Gasteiger partial charge in [0, 0.05) is 20.1 Å². The monoisotopic (exact) mass is 189 g/mol. The second kappa shape index (κ2) is 4.04. The lowest BCUT2D eigenvalue weighted by atomic mass is 10.0. The first kappa shape index (κ1) is 10.4. The largest absolute Gasteiger partial charge is 0.468 e. The summed E-state index contributed by atoms with van der Waals surface area (Å²) in [7, 11) is 2.85.